The van der Waals surface area contributed by atoms with Crippen LogP contribution in [0.4, 0.5) is 4.39 Å². The number of halogens is 1. The zero-order chi connectivity index (χ0) is 29.7. The molecule has 0 aliphatic heterocycles. The number of nitrogens with zero attached hydrogens (tertiary/aromatic N) is 1. The predicted octanol–water partition coefficient (Wildman–Crippen LogP) is 7.02. The molecule has 2 N–H and O–H groups in total. The summed E-state index contributed by atoms with van der Waals surface area (Å²) >= 11 is 0. The summed E-state index contributed by atoms with van der Waals surface area (Å²) in [4.78, 5) is 17.5. The van der Waals surface area contributed by atoms with E-state index >= 15 is 0 Å². The molecule has 0 spiro atoms. The number of hydrogen-bond acceptors (Lipinski definition) is 5. The van der Waals surface area contributed by atoms with Gasteiger partial charge in [0.2, 0.25) is 13.2 Å². The monoisotopic (exact) mass is 571 g/mol. The molecule has 0 fully saturated rings. The van der Waals surface area contributed by atoms with Crippen molar-refractivity contribution in [1.29, 1.82) is 0 Å². The van der Waals surface area contributed by atoms with E-state index in [1.807, 2.05) is 74.5 Å². The molecule has 210 valence electrons. The highest BCUT2D eigenvalue weighted by Gasteiger charge is 2.49. The van der Waals surface area contributed by atoms with Gasteiger partial charge < -0.3 is 14.7 Å². The number of carboxylic acid groups (broad SMARTS) is 1. The van der Waals surface area contributed by atoms with Crippen molar-refractivity contribution < 1.29 is 28.5 Å². The summed E-state index contributed by atoms with van der Waals surface area (Å²) in [5.74, 6) is 3.49. The van der Waals surface area contributed by atoms with E-state index in [1.165, 1.54) is 19.1 Å². The number of hydrogen-bond donors (Lipinski definition) is 2. The van der Waals surface area contributed by atoms with Crippen molar-refractivity contribution in [3.05, 3.63) is 102 Å². The molecule has 0 saturated carbocycles. The van der Waals surface area contributed by atoms with Gasteiger partial charge >= 0.3 is 5.97 Å². The van der Waals surface area contributed by atoms with Crippen molar-refractivity contribution in [3.8, 4) is 45.4 Å². The first kappa shape index (κ1) is 29.9. The van der Waals surface area contributed by atoms with Crippen LogP contribution in [-0.4, -0.2) is 39.5 Å². The van der Waals surface area contributed by atoms with E-state index in [-0.39, 0.29) is 5.92 Å². The average Bonchev–Trinajstić information content (AvgIpc) is 2.97. The summed E-state index contributed by atoms with van der Waals surface area (Å²) in [5.41, 5.74) is 5.27. The molecule has 3 atom stereocenters. The Morgan fingerprint density at radius 1 is 0.902 bits per heavy atom. The maximum absolute atomic E-state index is 14.1. The van der Waals surface area contributed by atoms with Crippen molar-refractivity contribution in [1.82, 2.24) is 4.98 Å². The molecular weight excluding hydrogens is 540 g/mol. The third-order valence-electron chi connectivity index (χ3n) is 6.87. The molecule has 3 unspecified atom stereocenters. The number of carbonyl (C=O) groups is 1. The number of aromatic nitrogens is 1. The molecule has 0 radical (unpaired) electrons. The highest BCUT2D eigenvalue weighted by molar-refractivity contribution is 7.43. The van der Waals surface area contributed by atoms with Crippen LogP contribution in [-0.2, 0) is 13.9 Å². The predicted molar refractivity (Wildman–Crippen MR) is 160 cm³/mol. The molecule has 0 aliphatic carbocycles. The third-order valence-corrected chi connectivity index (χ3v) is 8.64. The van der Waals surface area contributed by atoms with Crippen molar-refractivity contribution in [3.63, 3.8) is 0 Å². The van der Waals surface area contributed by atoms with Crippen LogP contribution in [0.25, 0.3) is 33.5 Å². The fourth-order valence-electron chi connectivity index (χ4n) is 4.71. The van der Waals surface area contributed by atoms with Crippen molar-refractivity contribution in [2.75, 3.05) is 7.11 Å². The first-order valence-corrected chi connectivity index (χ1v) is 14.4. The second kappa shape index (κ2) is 12.6. The van der Waals surface area contributed by atoms with E-state index in [2.05, 4.69) is 11.8 Å². The number of aliphatic hydroxyl groups is 1. The first-order valence-electron chi connectivity index (χ1n) is 13.1. The Kier molecular flexibility index (Phi) is 9.20. The van der Waals surface area contributed by atoms with E-state index in [9.17, 15) is 24.0 Å². The minimum Gasteiger partial charge on any atom is -0.480 e. The Morgan fingerprint density at radius 2 is 1.44 bits per heavy atom. The van der Waals surface area contributed by atoms with Gasteiger partial charge in [-0.15, -0.1) is 0 Å². The average molecular weight is 572 g/mol. The third kappa shape index (κ3) is 5.87. The van der Waals surface area contributed by atoms with Crippen LogP contribution < -0.4 is 0 Å². The molecule has 8 heteroatoms. The summed E-state index contributed by atoms with van der Waals surface area (Å²) in [6.07, 6.45) is -1.61. The molecule has 0 aliphatic rings. The highest BCUT2D eigenvalue weighted by atomic mass is 31.1. The maximum Gasteiger partial charge on any atom is 0.334 e. The standard InChI is InChI=1S/C33H31FNO5P/c1-21(2)30-27(19-20-33(22(3)36,32(37)38)41(39)40-4)28(24-15-17-26(34)18-16-24)29(23-11-7-5-8-12-23)31(35-30)25-13-9-6-10-14-25/h5-18,21-22,36,41H,1-4H3,(H,37,38). The zero-order valence-corrected chi connectivity index (χ0v) is 24.2. The lowest BCUT2D eigenvalue weighted by molar-refractivity contribution is -0.141. The molecule has 41 heavy (non-hydrogen) atoms. The summed E-state index contributed by atoms with van der Waals surface area (Å²) in [5, 5.41) is 18.3. The maximum atomic E-state index is 14.1. The van der Waals surface area contributed by atoms with Gasteiger partial charge in [-0.25, -0.2) is 9.18 Å². The van der Waals surface area contributed by atoms with Crippen molar-refractivity contribution in [2.45, 2.75) is 37.9 Å². The van der Waals surface area contributed by atoms with Gasteiger partial charge in [0, 0.05) is 23.8 Å². The van der Waals surface area contributed by atoms with Gasteiger partial charge in [0.15, 0.2) is 0 Å². The Balaban J connectivity index is 2.24. The minimum atomic E-state index is -3.37. The van der Waals surface area contributed by atoms with Gasteiger partial charge in [0.1, 0.15) is 5.82 Å². The number of carboxylic acids is 1. The molecule has 0 amide bonds. The van der Waals surface area contributed by atoms with Crippen LogP contribution in [0.1, 0.15) is 37.9 Å². The second-order valence-electron chi connectivity index (χ2n) is 9.90. The number of rotatable bonds is 8. The molecular formula is C33H31FNO5P. The Hall–Kier alpha value is -4.08. The summed E-state index contributed by atoms with van der Waals surface area (Å²) in [6, 6.07) is 25.2. The van der Waals surface area contributed by atoms with Crippen LogP contribution in [0.15, 0.2) is 84.9 Å². The molecule has 4 aromatic rings. The van der Waals surface area contributed by atoms with Gasteiger partial charge in [-0.2, -0.15) is 0 Å². The van der Waals surface area contributed by atoms with Crippen LogP contribution in [0.5, 0.6) is 0 Å². The molecule has 0 bridgehead atoms. The topological polar surface area (TPSA) is 96.7 Å². The van der Waals surface area contributed by atoms with Crippen molar-refractivity contribution >= 4 is 14.0 Å². The smallest absolute Gasteiger partial charge is 0.334 e. The van der Waals surface area contributed by atoms with Gasteiger partial charge in [-0.3, -0.25) is 9.55 Å². The van der Waals surface area contributed by atoms with Crippen LogP contribution in [0.3, 0.4) is 0 Å². The number of benzene rings is 3. The normalized spacial score (nSPS) is 14.0. The van der Waals surface area contributed by atoms with E-state index in [4.69, 9.17) is 9.51 Å². The number of pyridine rings is 1. The SMILES string of the molecule is CO[PH](=O)C(C#Cc1c(C(C)C)nc(-c2ccccc2)c(-c2ccccc2)c1-c1ccc(F)cc1)(C(=O)O)C(C)O. The second-order valence-corrected chi connectivity index (χ2v) is 11.7. The van der Waals surface area contributed by atoms with Gasteiger partial charge in [0.25, 0.3) is 0 Å². The molecule has 1 aromatic heterocycles. The highest BCUT2D eigenvalue weighted by Crippen LogP contribution is 2.45. The molecule has 6 nitrogen and oxygen atoms in total. The molecule has 3 aromatic carbocycles. The largest absolute Gasteiger partial charge is 0.480 e. The Labute approximate surface area is 239 Å². The minimum absolute atomic E-state index is 0.170. The van der Waals surface area contributed by atoms with Crippen LogP contribution >= 0.6 is 8.03 Å². The lowest BCUT2D eigenvalue weighted by Gasteiger charge is -2.25. The fraction of sp³-hybridized carbons (Fsp3) is 0.212. The number of aliphatic carboxylic acids is 1. The van der Waals surface area contributed by atoms with Gasteiger partial charge in [0.05, 0.1) is 23.1 Å². The summed E-state index contributed by atoms with van der Waals surface area (Å²) < 4.78 is 32.0. The molecule has 4 rings (SSSR count). The van der Waals surface area contributed by atoms with Gasteiger partial charge in [-0.05, 0) is 36.1 Å². The lowest BCUT2D eigenvalue weighted by Crippen LogP contribution is -2.44. The molecule has 1 heterocycles. The lowest BCUT2D eigenvalue weighted by atomic mass is 9.85. The van der Waals surface area contributed by atoms with E-state index in [0.717, 1.165) is 23.8 Å². The van der Waals surface area contributed by atoms with E-state index < -0.39 is 31.1 Å². The molecule has 0 saturated heterocycles. The Bertz CT molecular complexity index is 1630. The fourth-order valence-corrected chi connectivity index (χ4v) is 5.71. The van der Waals surface area contributed by atoms with Crippen LogP contribution in [0.2, 0.25) is 0 Å². The van der Waals surface area contributed by atoms with E-state index in [0.29, 0.717) is 28.1 Å². The van der Waals surface area contributed by atoms with Gasteiger partial charge in [-0.1, -0.05) is 98.5 Å². The first-order chi connectivity index (χ1) is 19.6. The van der Waals surface area contributed by atoms with Crippen LogP contribution in [0, 0.1) is 17.7 Å². The quantitative estimate of drug-likeness (QED) is 0.174. The Morgan fingerprint density at radius 3 is 1.93 bits per heavy atom. The summed E-state index contributed by atoms with van der Waals surface area (Å²) in [6.45, 7) is 5.10. The zero-order valence-electron chi connectivity index (χ0n) is 23.2. The van der Waals surface area contributed by atoms with E-state index in [1.54, 1.807) is 12.1 Å². The number of aliphatic hydroxyl groups excluding tert-OH is 1. The van der Waals surface area contributed by atoms with Crippen molar-refractivity contribution in [2.24, 2.45) is 0 Å². The summed E-state index contributed by atoms with van der Waals surface area (Å²) in [7, 11) is -2.24.